The van der Waals surface area contributed by atoms with Gasteiger partial charge in [-0.1, -0.05) is 11.6 Å². The Hall–Kier alpha value is -1.39. The third-order valence-electron chi connectivity index (χ3n) is 2.78. The average Bonchev–Trinajstić information content (AvgIpc) is 2.71. The molecule has 0 amide bonds. The van der Waals surface area contributed by atoms with Gasteiger partial charge < -0.3 is 10.5 Å². The first-order valence-corrected chi connectivity index (χ1v) is 6.72. The molecule has 0 saturated heterocycles. The number of nitrogens with zero attached hydrogens (tertiary/aromatic N) is 1. The van der Waals surface area contributed by atoms with E-state index in [1.807, 2.05) is 26.0 Å². The molecule has 0 bridgehead atoms. The summed E-state index contributed by atoms with van der Waals surface area (Å²) in [5, 5.41) is 1.03. The summed E-state index contributed by atoms with van der Waals surface area (Å²) in [5.41, 5.74) is 9.19. The van der Waals surface area contributed by atoms with Crippen LogP contribution >= 0.6 is 11.3 Å². The van der Waals surface area contributed by atoms with Crippen LogP contribution in [0.5, 0.6) is 5.75 Å². The van der Waals surface area contributed by atoms with E-state index >= 15 is 0 Å². The van der Waals surface area contributed by atoms with Crippen LogP contribution in [0.15, 0.2) is 18.2 Å². The average molecular weight is 262 g/mol. The first-order chi connectivity index (χ1) is 8.52. The molecule has 3 nitrogen and oxygen atoms in total. The Morgan fingerprint density at radius 3 is 2.67 bits per heavy atom. The van der Waals surface area contributed by atoms with Crippen molar-refractivity contribution in [1.29, 1.82) is 0 Å². The molecular formula is C14H18N2OS. The van der Waals surface area contributed by atoms with E-state index in [1.54, 1.807) is 18.4 Å². The third kappa shape index (κ3) is 2.40. The fourth-order valence-electron chi connectivity index (χ4n) is 1.95. The highest BCUT2D eigenvalue weighted by Gasteiger charge is 2.17. The minimum Gasteiger partial charge on any atom is -0.496 e. The Morgan fingerprint density at radius 1 is 1.33 bits per heavy atom. The molecule has 0 saturated carbocycles. The van der Waals surface area contributed by atoms with Crippen LogP contribution in [0.3, 0.4) is 0 Å². The van der Waals surface area contributed by atoms with Crippen LogP contribution in [0.25, 0.3) is 11.3 Å². The van der Waals surface area contributed by atoms with Gasteiger partial charge in [0.25, 0.3) is 0 Å². The number of rotatable bonds is 3. The van der Waals surface area contributed by atoms with Gasteiger partial charge in [0, 0.05) is 16.5 Å². The Balaban J connectivity index is 2.64. The smallest absolute Gasteiger partial charge is 0.128 e. The molecule has 2 rings (SSSR count). The van der Waals surface area contributed by atoms with E-state index in [9.17, 15) is 0 Å². The van der Waals surface area contributed by atoms with Crippen molar-refractivity contribution in [3.63, 3.8) is 0 Å². The van der Waals surface area contributed by atoms with Gasteiger partial charge in [-0.3, -0.25) is 0 Å². The van der Waals surface area contributed by atoms with Gasteiger partial charge in [-0.2, -0.15) is 0 Å². The van der Waals surface area contributed by atoms with Gasteiger partial charge in [0.05, 0.1) is 17.8 Å². The van der Waals surface area contributed by atoms with Crippen molar-refractivity contribution >= 4 is 11.3 Å². The Kier molecular flexibility index (Phi) is 3.68. The summed E-state index contributed by atoms with van der Waals surface area (Å²) in [6.45, 7) is 6.05. The lowest BCUT2D eigenvalue weighted by atomic mass is 10.0. The Labute approximate surface area is 112 Å². The van der Waals surface area contributed by atoms with E-state index < -0.39 is 0 Å². The van der Waals surface area contributed by atoms with Crippen molar-refractivity contribution in [2.45, 2.75) is 26.8 Å². The van der Waals surface area contributed by atoms with Crippen molar-refractivity contribution in [1.82, 2.24) is 4.98 Å². The molecular weight excluding hydrogens is 244 g/mol. The minimum atomic E-state index is -0.0172. The molecule has 1 aromatic carbocycles. The topological polar surface area (TPSA) is 48.1 Å². The fourth-order valence-corrected chi connectivity index (χ4v) is 2.84. The van der Waals surface area contributed by atoms with Crippen LogP contribution in [-0.4, -0.2) is 12.1 Å². The monoisotopic (exact) mass is 262 g/mol. The number of aromatic nitrogens is 1. The summed E-state index contributed by atoms with van der Waals surface area (Å²) >= 11 is 1.65. The van der Waals surface area contributed by atoms with Gasteiger partial charge in [-0.05, 0) is 32.9 Å². The van der Waals surface area contributed by atoms with Gasteiger partial charge >= 0.3 is 0 Å². The molecule has 0 aliphatic carbocycles. The molecule has 1 heterocycles. The summed E-state index contributed by atoms with van der Waals surface area (Å²) in [4.78, 5) is 5.72. The van der Waals surface area contributed by atoms with Crippen LogP contribution in [0.1, 0.15) is 28.4 Å². The molecule has 96 valence electrons. The molecule has 1 unspecified atom stereocenters. The maximum absolute atomic E-state index is 6.02. The lowest BCUT2D eigenvalue weighted by Crippen LogP contribution is -2.04. The van der Waals surface area contributed by atoms with Gasteiger partial charge in [-0.25, -0.2) is 4.98 Å². The fraction of sp³-hybridized carbons (Fsp3) is 0.357. The lowest BCUT2D eigenvalue weighted by molar-refractivity contribution is 0.416. The van der Waals surface area contributed by atoms with Crippen molar-refractivity contribution in [3.05, 3.63) is 33.6 Å². The van der Waals surface area contributed by atoms with Crippen LogP contribution < -0.4 is 10.5 Å². The molecule has 0 aliphatic heterocycles. The summed E-state index contributed by atoms with van der Waals surface area (Å²) in [6, 6.07) is 6.09. The predicted octanol–water partition coefficient (Wildman–Crippen LogP) is 3.46. The summed E-state index contributed by atoms with van der Waals surface area (Å²) in [5.74, 6) is 0.841. The highest BCUT2D eigenvalue weighted by atomic mass is 32.1. The first-order valence-electron chi connectivity index (χ1n) is 5.91. The Bertz CT molecular complexity index is 561. The first kappa shape index (κ1) is 13.1. The zero-order valence-corrected chi connectivity index (χ0v) is 12.0. The van der Waals surface area contributed by atoms with Crippen molar-refractivity contribution in [3.8, 4) is 17.0 Å². The van der Waals surface area contributed by atoms with Gasteiger partial charge in [0.1, 0.15) is 5.75 Å². The molecule has 2 aromatic rings. The highest BCUT2D eigenvalue weighted by Crippen LogP contribution is 2.37. The number of methoxy groups -OCH3 is 1. The number of hydrogen-bond donors (Lipinski definition) is 1. The maximum atomic E-state index is 6.02. The van der Waals surface area contributed by atoms with Crippen LogP contribution in [0.2, 0.25) is 0 Å². The number of benzene rings is 1. The number of hydrogen-bond acceptors (Lipinski definition) is 4. The minimum absolute atomic E-state index is 0.0172. The van der Waals surface area contributed by atoms with E-state index in [2.05, 4.69) is 18.0 Å². The largest absolute Gasteiger partial charge is 0.496 e. The van der Waals surface area contributed by atoms with E-state index in [-0.39, 0.29) is 6.04 Å². The van der Waals surface area contributed by atoms with Crippen LogP contribution in [0, 0.1) is 13.8 Å². The van der Waals surface area contributed by atoms with Gasteiger partial charge in [-0.15, -0.1) is 11.3 Å². The standard InChI is InChI=1S/C14H18N2OS/c1-8-5-6-12(17-4)11(7-8)13-14(9(2)15)18-10(3)16-13/h5-7,9H,15H2,1-4H3. The highest BCUT2D eigenvalue weighted by molar-refractivity contribution is 7.12. The van der Waals surface area contributed by atoms with E-state index in [0.717, 1.165) is 26.9 Å². The second-order valence-corrected chi connectivity index (χ2v) is 5.67. The zero-order chi connectivity index (χ0) is 13.3. The molecule has 0 aliphatic rings. The van der Waals surface area contributed by atoms with Gasteiger partial charge in [0.2, 0.25) is 0 Å². The number of nitrogens with two attached hydrogens (primary N) is 1. The number of aryl methyl sites for hydroxylation is 2. The van der Waals surface area contributed by atoms with Gasteiger partial charge in [0.15, 0.2) is 0 Å². The molecule has 1 atom stereocenters. The zero-order valence-electron chi connectivity index (χ0n) is 11.2. The third-order valence-corrected chi connectivity index (χ3v) is 3.96. The normalized spacial score (nSPS) is 12.5. The van der Waals surface area contributed by atoms with E-state index in [1.165, 1.54) is 5.56 Å². The van der Waals surface area contributed by atoms with Crippen LogP contribution in [-0.2, 0) is 0 Å². The quantitative estimate of drug-likeness (QED) is 0.921. The molecule has 0 fully saturated rings. The van der Waals surface area contributed by atoms with Crippen LogP contribution in [0.4, 0.5) is 0 Å². The number of thiazole rings is 1. The van der Waals surface area contributed by atoms with E-state index in [4.69, 9.17) is 10.5 Å². The Morgan fingerprint density at radius 2 is 2.06 bits per heavy atom. The molecule has 4 heteroatoms. The second kappa shape index (κ2) is 5.08. The molecule has 0 spiro atoms. The van der Waals surface area contributed by atoms with Crippen molar-refractivity contribution in [2.24, 2.45) is 5.73 Å². The van der Waals surface area contributed by atoms with E-state index in [0.29, 0.717) is 0 Å². The molecule has 1 aromatic heterocycles. The number of ether oxygens (including phenoxy) is 1. The molecule has 18 heavy (non-hydrogen) atoms. The SMILES string of the molecule is COc1ccc(C)cc1-c1nc(C)sc1C(C)N. The predicted molar refractivity (Wildman–Crippen MR) is 76.2 cm³/mol. The van der Waals surface area contributed by atoms with Crippen molar-refractivity contribution in [2.75, 3.05) is 7.11 Å². The van der Waals surface area contributed by atoms with Crippen molar-refractivity contribution < 1.29 is 4.74 Å². The maximum Gasteiger partial charge on any atom is 0.128 e. The summed E-state index contributed by atoms with van der Waals surface area (Å²) in [7, 11) is 1.68. The summed E-state index contributed by atoms with van der Waals surface area (Å²) < 4.78 is 5.42. The molecule has 0 radical (unpaired) electrons. The molecule has 2 N–H and O–H groups in total. The lowest BCUT2D eigenvalue weighted by Gasteiger charge is -2.10. The summed E-state index contributed by atoms with van der Waals surface area (Å²) in [6.07, 6.45) is 0. The second-order valence-electron chi connectivity index (χ2n) is 4.44.